The fraction of sp³-hybridized carbons (Fsp3) is 0.571. The Hall–Kier alpha value is -6.88. The number of primary amides is 3. The first kappa shape index (κ1) is 58.4. The highest BCUT2D eigenvalue weighted by atomic mass is 33.1. The van der Waals surface area contributed by atoms with Crippen LogP contribution in [0.1, 0.15) is 64.4 Å². The number of hydrogen-bond donors (Lipinski definition) is 14. The van der Waals surface area contributed by atoms with Gasteiger partial charge in [0.05, 0.1) is 19.0 Å². The smallest absolute Gasteiger partial charge is 0.246 e. The first-order valence-electron chi connectivity index (χ1n) is 22.6. The predicted molar refractivity (Wildman–Crippen MR) is 260 cm³/mol. The van der Waals surface area contributed by atoms with Crippen LogP contribution < -0.4 is 71.6 Å². The van der Waals surface area contributed by atoms with E-state index in [9.17, 15) is 57.8 Å². The normalized spacial score (nSPS) is 23.7. The van der Waals surface area contributed by atoms with E-state index < -0.39 is 145 Å². The summed E-state index contributed by atoms with van der Waals surface area (Å²) in [5.74, 6) is -11.1. The summed E-state index contributed by atoms with van der Waals surface area (Å²) in [4.78, 5) is 152. The van der Waals surface area contributed by atoms with E-state index in [1.807, 2.05) is 0 Å². The van der Waals surface area contributed by atoms with Gasteiger partial charge in [0.25, 0.3) is 0 Å². The van der Waals surface area contributed by atoms with Crippen molar-refractivity contribution >= 4 is 92.5 Å². The number of aromatic hydroxyl groups is 1. The van der Waals surface area contributed by atoms with E-state index in [0.29, 0.717) is 18.4 Å². The van der Waals surface area contributed by atoms with E-state index in [2.05, 4.69) is 42.2 Å². The lowest BCUT2D eigenvalue weighted by atomic mass is 9.96. The molecular formula is C42H65N15O12S2. The zero-order valence-electron chi connectivity index (χ0n) is 39.3. The second-order valence-electron chi connectivity index (χ2n) is 16.9. The molecule has 2 aliphatic heterocycles. The van der Waals surface area contributed by atoms with E-state index in [-0.39, 0.29) is 55.6 Å². The van der Waals surface area contributed by atoms with Crippen molar-refractivity contribution in [3.8, 4) is 5.75 Å². The number of carbonyl (C=O) groups is 11. The largest absolute Gasteiger partial charge is 0.508 e. The molecule has 2 saturated heterocycles. The molecular weight excluding hydrogens is 971 g/mol. The van der Waals surface area contributed by atoms with Crippen molar-refractivity contribution in [1.82, 2.24) is 42.1 Å². The second kappa shape index (κ2) is 28.7. The molecule has 1 aromatic carbocycles. The Bertz CT molecular complexity index is 2150. The third-order valence-corrected chi connectivity index (χ3v) is 13.7. The molecule has 27 nitrogen and oxygen atoms in total. The molecule has 1 aromatic rings. The number of rotatable bonds is 18. The molecule has 2 fully saturated rings. The molecule has 20 N–H and O–H groups in total. The van der Waals surface area contributed by atoms with Gasteiger partial charge in [0.2, 0.25) is 65.0 Å². The molecule has 0 spiro atoms. The zero-order chi connectivity index (χ0) is 52.9. The van der Waals surface area contributed by atoms with Gasteiger partial charge in [-0.05, 0) is 49.3 Å². The van der Waals surface area contributed by atoms with Gasteiger partial charge in [-0.3, -0.25) is 57.7 Å². The number of nitrogens with one attached hydrogen (secondary N) is 7. The minimum Gasteiger partial charge on any atom is -0.508 e. The number of carbonyl (C=O) groups excluding carboxylic acids is 11. The molecule has 0 bridgehead atoms. The predicted octanol–water partition coefficient (Wildman–Crippen LogP) is -5.99. The number of benzene rings is 1. The maximum Gasteiger partial charge on any atom is 0.246 e. The number of nitrogens with two attached hydrogens (primary N) is 6. The van der Waals surface area contributed by atoms with Crippen LogP contribution in [0.4, 0.5) is 0 Å². The minimum absolute atomic E-state index is 0.00208. The maximum absolute atomic E-state index is 14.5. The third kappa shape index (κ3) is 19.4. The quantitative estimate of drug-likeness (QED) is 0.0370. The summed E-state index contributed by atoms with van der Waals surface area (Å²) in [6.07, 6.45) is -1.20. The standard InChI is InChI=1S/C42H65N15O12S2/c1-3-20(2)33-40(68)52-24(10-11-30(44)59)36(64)54-27(16-31(45)60)37(65)55-28(19-71-70-18-23(43)34(62)53-26(38(66)56-33)15-21-6-8-22(58)9-7-21)41(69)57-14-4-5-29(57)39(67)51-25(12-13-49-42(47)48)35(63)50-17-32(46)61/h6-9,20,23-29,33,58H,3-5,10-19,43H2,1-2H3,(H2,44,59)(H2,45,60)(H2,46,61)(H,50,63)(H,51,67)(H,52,68)(H,53,62)(H,54,64)(H,55,65)(H,56,66)(H4,47,48,49). The molecule has 392 valence electrons. The molecule has 9 unspecified atom stereocenters. The SMILES string of the molecule is CCC(C)C1NC(=O)C(Cc2ccc(O)cc2)NC(=O)C(N)CSSCC(C(=O)N2CCCC2C(=O)NC(CCN=C(N)N)C(=O)NCC(N)=O)NC(=O)C(CC(N)=O)NC(=O)C(CCC(N)=O)NC1=O. The Kier molecular flexibility index (Phi) is 23.6. The van der Waals surface area contributed by atoms with Crippen LogP contribution in [0.25, 0.3) is 0 Å². The number of hydrogen-bond acceptors (Lipinski definition) is 16. The first-order chi connectivity index (χ1) is 33.5. The van der Waals surface area contributed by atoms with Crippen LogP contribution >= 0.6 is 21.6 Å². The summed E-state index contributed by atoms with van der Waals surface area (Å²) in [5.41, 5.74) is 33.7. The summed E-state index contributed by atoms with van der Waals surface area (Å²) >= 11 is 0. The Morgan fingerprint density at radius 2 is 1.42 bits per heavy atom. The lowest BCUT2D eigenvalue weighted by Gasteiger charge is -2.31. The highest BCUT2D eigenvalue weighted by Gasteiger charge is 2.41. The van der Waals surface area contributed by atoms with Gasteiger partial charge >= 0.3 is 0 Å². The summed E-state index contributed by atoms with van der Waals surface area (Å²) in [5, 5.41) is 27.4. The lowest BCUT2D eigenvalue weighted by molar-refractivity contribution is -0.142. The highest BCUT2D eigenvalue weighted by molar-refractivity contribution is 8.76. The monoisotopic (exact) mass is 1040 g/mol. The van der Waals surface area contributed by atoms with Gasteiger partial charge in [-0.25, -0.2) is 0 Å². The van der Waals surface area contributed by atoms with Crippen molar-refractivity contribution in [1.29, 1.82) is 0 Å². The highest BCUT2D eigenvalue weighted by Crippen LogP contribution is 2.26. The van der Waals surface area contributed by atoms with E-state index in [0.717, 1.165) is 21.6 Å². The fourth-order valence-electron chi connectivity index (χ4n) is 7.23. The Balaban J connectivity index is 2.05. The Morgan fingerprint density at radius 1 is 0.803 bits per heavy atom. The van der Waals surface area contributed by atoms with E-state index in [4.69, 9.17) is 34.4 Å². The number of phenolic OH excluding ortho intramolecular Hbond substituents is 1. The Labute approximate surface area is 416 Å². The molecule has 0 radical (unpaired) electrons. The average molecular weight is 1040 g/mol. The average Bonchev–Trinajstić information content (AvgIpc) is 3.81. The summed E-state index contributed by atoms with van der Waals surface area (Å²) in [6.45, 7) is 2.71. The van der Waals surface area contributed by atoms with Crippen molar-refractivity contribution in [2.75, 3.05) is 31.1 Å². The number of guanidine groups is 1. The minimum atomic E-state index is -1.78. The van der Waals surface area contributed by atoms with Gasteiger partial charge in [-0.15, -0.1) is 0 Å². The maximum atomic E-state index is 14.5. The van der Waals surface area contributed by atoms with E-state index in [1.54, 1.807) is 13.8 Å². The molecule has 2 heterocycles. The number of phenols is 1. The zero-order valence-corrected chi connectivity index (χ0v) is 40.9. The number of likely N-dealkylation sites (tertiary alicyclic amines) is 1. The van der Waals surface area contributed by atoms with Gasteiger partial charge in [-0.1, -0.05) is 54.0 Å². The lowest BCUT2D eigenvalue weighted by Crippen LogP contribution is -2.61. The van der Waals surface area contributed by atoms with Crippen molar-refractivity contribution in [2.45, 2.75) is 114 Å². The molecule has 11 amide bonds. The number of aliphatic imine (C=N–C) groups is 1. The molecule has 71 heavy (non-hydrogen) atoms. The van der Waals surface area contributed by atoms with Crippen LogP contribution in [-0.2, 0) is 59.2 Å². The number of nitrogens with zero attached hydrogens (tertiary/aromatic N) is 2. The van der Waals surface area contributed by atoms with Gasteiger partial charge < -0.3 is 81.6 Å². The topological polar surface area (TPSA) is 464 Å². The van der Waals surface area contributed by atoms with Crippen LogP contribution in [0, 0.1) is 5.92 Å². The van der Waals surface area contributed by atoms with Crippen LogP contribution in [0.2, 0.25) is 0 Å². The van der Waals surface area contributed by atoms with Crippen LogP contribution in [0.3, 0.4) is 0 Å². The van der Waals surface area contributed by atoms with E-state index >= 15 is 0 Å². The van der Waals surface area contributed by atoms with Crippen molar-refractivity contribution in [3.05, 3.63) is 29.8 Å². The second-order valence-corrected chi connectivity index (χ2v) is 19.4. The molecule has 29 heteroatoms. The summed E-state index contributed by atoms with van der Waals surface area (Å²) in [7, 11) is 1.99. The van der Waals surface area contributed by atoms with Gasteiger partial charge in [0, 0.05) is 37.4 Å². The molecule has 0 aliphatic carbocycles. The van der Waals surface area contributed by atoms with Gasteiger partial charge in [0.1, 0.15) is 48.0 Å². The fourth-order valence-corrected chi connectivity index (χ4v) is 9.51. The summed E-state index contributed by atoms with van der Waals surface area (Å²) in [6, 6.07) is -5.51. The van der Waals surface area contributed by atoms with Crippen LogP contribution in [0.15, 0.2) is 29.3 Å². The van der Waals surface area contributed by atoms with Gasteiger partial charge in [0.15, 0.2) is 5.96 Å². The molecule has 3 rings (SSSR count). The Morgan fingerprint density at radius 3 is 2.04 bits per heavy atom. The van der Waals surface area contributed by atoms with Crippen LogP contribution in [0.5, 0.6) is 5.75 Å². The first-order valence-corrected chi connectivity index (χ1v) is 25.1. The third-order valence-electron chi connectivity index (χ3n) is 11.3. The molecule has 9 atom stereocenters. The van der Waals surface area contributed by atoms with Gasteiger partial charge in [-0.2, -0.15) is 0 Å². The molecule has 2 aliphatic rings. The summed E-state index contributed by atoms with van der Waals surface area (Å²) < 4.78 is 0. The van der Waals surface area contributed by atoms with Crippen molar-refractivity contribution in [2.24, 2.45) is 45.3 Å². The van der Waals surface area contributed by atoms with Crippen LogP contribution in [-0.4, -0.2) is 160 Å². The number of amides is 11. The van der Waals surface area contributed by atoms with Crippen molar-refractivity contribution in [3.63, 3.8) is 0 Å². The van der Waals surface area contributed by atoms with Crippen molar-refractivity contribution < 1.29 is 57.8 Å². The molecule has 0 aromatic heterocycles. The van der Waals surface area contributed by atoms with E-state index in [1.165, 1.54) is 29.2 Å². The molecule has 0 saturated carbocycles.